The lowest BCUT2D eigenvalue weighted by Gasteiger charge is -2.16. The molecular weight excluding hydrogens is 254 g/mol. The van der Waals surface area contributed by atoms with Crippen molar-refractivity contribution >= 4 is 5.69 Å². The van der Waals surface area contributed by atoms with E-state index in [4.69, 9.17) is 13.9 Å². The Hall–Kier alpha value is -2.10. The van der Waals surface area contributed by atoms with Gasteiger partial charge >= 0.3 is 0 Å². The molecule has 0 aliphatic carbocycles. The summed E-state index contributed by atoms with van der Waals surface area (Å²) in [6.45, 7) is 5.92. The van der Waals surface area contributed by atoms with Gasteiger partial charge in [-0.25, -0.2) is 0 Å². The first-order chi connectivity index (χ1) is 9.57. The van der Waals surface area contributed by atoms with Crippen LogP contribution in [0.5, 0.6) is 11.5 Å². The summed E-state index contributed by atoms with van der Waals surface area (Å²) in [7, 11) is 0. The van der Waals surface area contributed by atoms with Gasteiger partial charge in [-0.1, -0.05) is 6.92 Å². The molecule has 0 radical (unpaired) electrons. The zero-order valence-electron chi connectivity index (χ0n) is 12.0. The van der Waals surface area contributed by atoms with E-state index in [1.807, 2.05) is 44.2 Å². The molecule has 1 N–H and O–H groups in total. The van der Waals surface area contributed by atoms with Crippen LogP contribution in [0.25, 0.3) is 0 Å². The second-order valence-corrected chi connectivity index (χ2v) is 5.39. The van der Waals surface area contributed by atoms with Crippen molar-refractivity contribution in [3.8, 4) is 11.5 Å². The lowest BCUT2D eigenvalue weighted by atomic mass is 10.1. The number of rotatable bonds is 4. The van der Waals surface area contributed by atoms with Gasteiger partial charge in [0.05, 0.1) is 12.3 Å². The quantitative estimate of drug-likeness (QED) is 0.899. The molecule has 1 unspecified atom stereocenters. The SMILES string of the molecule is CCC(Nc1ccc2c(c1)OC(C)(C)O2)c1ccco1. The summed E-state index contributed by atoms with van der Waals surface area (Å²) >= 11 is 0. The Morgan fingerprint density at radius 3 is 2.65 bits per heavy atom. The van der Waals surface area contributed by atoms with Gasteiger partial charge in [0.25, 0.3) is 0 Å². The highest BCUT2D eigenvalue weighted by atomic mass is 16.7. The Kier molecular flexibility index (Phi) is 3.08. The van der Waals surface area contributed by atoms with Crippen molar-refractivity contribution in [1.29, 1.82) is 0 Å². The number of ether oxygens (including phenoxy) is 2. The maximum absolute atomic E-state index is 5.76. The van der Waals surface area contributed by atoms with Crippen LogP contribution in [0, 0.1) is 0 Å². The fraction of sp³-hybridized carbons (Fsp3) is 0.375. The maximum Gasteiger partial charge on any atom is 0.246 e. The third-order valence-corrected chi connectivity index (χ3v) is 3.29. The minimum atomic E-state index is -0.591. The summed E-state index contributed by atoms with van der Waals surface area (Å²) in [5.41, 5.74) is 0.994. The van der Waals surface area contributed by atoms with E-state index in [2.05, 4.69) is 12.2 Å². The highest BCUT2D eigenvalue weighted by Gasteiger charge is 2.31. The summed E-state index contributed by atoms with van der Waals surface area (Å²) in [5, 5.41) is 3.46. The molecule has 1 atom stereocenters. The minimum Gasteiger partial charge on any atom is -0.467 e. The normalized spacial score (nSPS) is 16.9. The van der Waals surface area contributed by atoms with E-state index in [9.17, 15) is 0 Å². The summed E-state index contributed by atoms with van der Waals surface area (Å²) in [6, 6.07) is 9.93. The molecule has 4 heteroatoms. The van der Waals surface area contributed by atoms with Crippen molar-refractivity contribution in [1.82, 2.24) is 0 Å². The molecule has 20 heavy (non-hydrogen) atoms. The Labute approximate surface area is 118 Å². The Morgan fingerprint density at radius 2 is 1.95 bits per heavy atom. The second kappa shape index (κ2) is 4.78. The van der Waals surface area contributed by atoms with E-state index in [1.165, 1.54) is 0 Å². The van der Waals surface area contributed by atoms with E-state index in [-0.39, 0.29) is 6.04 Å². The van der Waals surface area contributed by atoms with Crippen LogP contribution in [0.1, 0.15) is 39.0 Å². The summed E-state index contributed by atoms with van der Waals surface area (Å²) < 4.78 is 16.9. The molecule has 2 heterocycles. The molecule has 0 amide bonds. The van der Waals surface area contributed by atoms with Crippen molar-refractivity contribution < 1.29 is 13.9 Å². The number of benzene rings is 1. The van der Waals surface area contributed by atoms with E-state index in [1.54, 1.807) is 6.26 Å². The van der Waals surface area contributed by atoms with Crippen LogP contribution >= 0.6 is 0 Å². The van der Waals surface area contributed by atoms with Crippen LogP contribution in [-0.2, 0) is 0 Å². The Morgan fingerprint density at radius 1 is 1.15 bits per heavy atom. The molecule has 2 aromatic rings. The van der Waals surface area contributed by atoms with Crippen LogP contribution < -0.4 is 14.8 Å². The molecule has 1 aromatic carbocycles. The summed E-state index contributed by atoms with van der Waals surface area (Å²) in [6.07, 6.45) is 2.63. The van der Waals surface area contributed by atoms with Crippen LogP contribution in [0.2, 0.25) is 0 Å². The number of anilines is 1. The molecule has 0 fully saturated rings. The largest absolute Gasteiger partial charge is 0.467 e. The van der Waals surface area contributed by atoms with Gasteiger partial charge in [0.15, 0.2) is 11.5 Å². The smallest absolute Gasteiger partial charge is 0.246 e. The molecular formula is C16H19NO3. The Balaban J connectivity index is 1.79. The fourth-order valence-electron chi connectivity index (χ4n) is 2.38. The zero-order chi connectivity index (χ0) is 14.2. The van der Waals surface area contributed by atoms with E-state index >= 15 is 0 Å². The van der Waals surface area contributed by atoms with Crippen LogP contribution in [0.4, 0.5) is 5.69 Å². The lowest BCUT2D eigenvalue weighted by molar-refractivity contribution is -0.0431. The Bertz CT molecular complexity index is 590. The first kappa shape index (κ1) is 12.9. The first-order valence-electron chi connectivity index (χ1n) is 6.89. The number of hydrogen-bond donors (Lipinski definition) is 1. The third kappa shape index (κ3) is 2.46. The lowest BCUT2D eigenvalue weighted by Crippen LogP contribution is -2.29. The number of fused-ring (bicyclic) bond motifs is 1. The average Bonchev–Trinajstić information content (AvgIpc) is 3.00. The van der Waals surface area contributed by atoms with Crippen molar-refractivity contribution in [3.05, 3.63) is 42.4 Å². The molecule has 4 nitrogen and oxygen atoms in total. The van der Waals surface area contributed by atoms with Gasteiger partial charge < -0.3 is 19.2 Å². The van der Waals surface area contributed by atoms with E-state index in [0.29, 0.717) is 0 Å². The first-order valence-corrected chi connectivity index (χ1v) is 6.89. The maximum atomic E-state index is 5.76. The molecule has 0 bridgehead atoms. The molecule has 0 spiro atoms. The summed E-state index contributed by atoms with van der Waals surface area (Å²) in [4.78, 5) is 0. The number of nitrogens with one attached hydrogen (secondary N) is 1. The van der Waals surface area contributed by atoms with Gasteiger partial charge in [0.2, 0.25) is 5.79 Å². The van der Waals surface area contributed by atoms with Gasteiger partial charge in [-0.2, -0.15) is 0 Å². The van der Waals surface area contributed by atoms with Gasteiger partial charge in [-0.15, -0.1) is 0 Å². The number of furan rings is 1. The average molecular weight is 273 g/mol. The van der Waals surface area contributed by atoms with Crippen molar-refractivity contribution in [2.24, 2.45) is 0 Å². The zero-order valence-corrected chi connectivity index (χ0v) is 12.0. The predicted octanol–water partition coefficient (Wildman–Crippen LogP) is 4.35. The van der Waals surface area contributed by atoms with Crippen molar-refractivity contribution in [2.45, 2.75) is 39.0 Å². The standard InChI is InChI=1S/C16H19NO3/c1-4-12(13-6-5-9-18-13)17-11-7-8-14-15(10-11)20-16(2,3)19-14/h5-10,12,17H,4H2,1-3H3. The predicted molar refractivity (Wildman–Crippen MR) is 77.1 cm³/mol. The van der Waals surface area contributed by atoms with Gasteiger partial charge in [-0.3, -0.25) is 0 Å². The van der Waals surface area contributed by atoms with E-state index < -0.39 is 5.79 Å². The molecule has 1 aromatic heterocycles. The van der Waals surface area contributed by atoms with Crippen molar-refractivity contribution in [3.63, 3.8) is 0 Å². The highest BCUT2D eigenvalue weighted by molar-refractivity contribution is 5.56. The third-order valence-electron chi connectivity index (χ3n) is 3.29. The van der Waals surface area contributed by atoms with Crippen molar-refractivity contribution in [2.75, 3.05) is 5.32 Å². The fourth-order valence-corrected chi connectivity index (χ4v) is 2.38. The minimum absolute atomic E-state index is 0.151. The number of hydrogen-bond acceptors (Lipinski definition) is 4. The summed E-state index contributed by atoms with van der Waals surface area (Å²) in [5.74, 6) is 1.90. The van der Waals surface area contributed by atoms with Crippen LogP contribution in [0.15, 0.2) is 41.0 Å². The molecule has 106 valence electrons. The van der Waals surface area contributed by atoms with Crippen LogP contribution in [0.3, 0.4) is 0 Å². The monoisotopic (exact) mass is 273 g/mol. The molecule has 0 saturated carbocycles. The van der Waals surface area contributed by atoms with Gasteiger partial charge in [0, 0.05) is 25.6 Å². The molecule has 0 saturated heterocycles. The molecule has 1 aliphatic rings. The second-order valence-electron chi connectivity index (χ2n) is 5.39. The molecule has 3 rings (SSSR count). The van der Waals surface area contributed by atoms with Crippen LogP contribution in [-0.4, -0.2) is 5.79 Å². The van der Waals surface area contributed by atoms with Gasteiger partial charge in [0.1, 0.15) is 5.76 Å². The van der Waals surface area contributed by atoms with Gasteiger partial charge in [-0.05, 0) is 30.7 Å². The topological polar surface area (TPSA) is 43.6 Å². The highest BCUT2D eigenvalue weighted by Crippen LogP contribution is 2.41. The van der Waals surface area contributed by atoms with E-state index in [0.717, 1.165) is 29.4 Å². The molecule has 1 aliphatic heterocycles.